The van der Waals surface area contributed by atoms with E-state index < -0.39 is 0 Å². The lowest BCUT2D eigenvalue weighted by Crippen LogP contribution is -1.87. The van der Waals surface area contributed by atoms with Crippen LogP contribution >= 0.6 is 15.9 Å². The minimum Gasteiger partial charge on any atom is -0.0654 e. The van der Waals surface area contributed by atoms with Crippen LogP contribution in [0.25, 0.3) is 21.5 Å². The summed E-state index contributed by atoms with van der Waals surface area (Å²) in [6.07, 6.45) is 10.7. The molecule has 0 bridgehead atoms. The quantitative estimate of drug-likeness (QED) is 0.133. The molecule has 0 N–H and O–H groups in total. The lowest BCUT2D eigenvalue weighted by Gasteiger charge is -2.05. The SMILES string of the molecule is CCCCCCCCCc1ccc(C#Cc2cc3cc4ccccc4cc3cc2Br)cc1. The predicted molar refractivity (Wildman–Crippen MR) is 143 cm³/mol. The average Bonchev–Trinajstić information content (AvgIpc) is 2.82. The molecule has 0 aliphatic carbocycles. The lowest BCUT2D eigenvalue weighted by molar-refractivity contribution is 0.589. The third-order valence-electron chi connectivity index (χ3n) is 6.16. The molecule has 0 spiro atoms. The monoisotopic (exact) mass is 482 g/mol. The van der Waals surface area contributed by atoms with Crippen molar-refractivity contribution in [3.63, 3.8) is 0 Å². The maximum Gasteiger partial charge on any atom is 0.0397 e. The summed E-state index contributed by atoms with van der Waals surface area (Å²) in [5.74, 6) is 6.72. The van der Waals surface area contributed by atoms with Gasteiger partial charge in [0.1, 0.15) is 0 Å². The second-order valence-corrected chi connectivity index (χ2v) is 9.55. The van der Waals surface area contributed by atoms with Gasteiger partial charge in [0, 0.05) is 15.6 Å². The molecule has 0 aliphatic heterocycles. The molecular formula is C31H31Br. The Balaban J connectivity index is 1.40. The summed E-state index contributed by atoms with van der Waals surface area (Å²) in [7, 11) is 0. The average molecular weight is 483 g/mol. The van der Waals surface area contributed by atoms with E-state index in [-0.39, 0.29) is 0 Å². The van der Waals surface area contributed by atoms with E-state index in [2.05, 4.69) is 107 Å². The maximum atomic E-state index is 3.72. The number of rotatable bonds is 8. The Morgan fingerprint density at radius 1 is 0.625 bits per heavy atom. The van der Waals surface area contributed by atoms with Gasteiger partial charge in [-0.05, 0) is 92.3 Å². The van der Waals surface area contributed by atoms with Crippen LogP contribution in [-0.4, -0.2) is 0 Å². The van der Waals surface area contributed by atoms with Crippen LogP contribution in [0.2, 0.25) is 0 Å². The number of hydrogen-bond acceptors (Lipinski definition) is 0. The second-order valence-electron chi connectivity index (χ2n) is 8.70. The molecule has 4 aromatic carbocycles. The summed E-state index contributed by atoms with van der Waals surface area (Å²) >= 11 is 3.72. The lowest BCUT2D eigenvalue weighted by atomic mass is 10.0. The molecule has 0 saturated carbocycles. The van der Waals surface area contributed by atoms with Crippen LogP contribution in [0.1, 0.15) is 68.6 Å². The molecule has 32 heavy (non-hydrogen) atoms. The Kier molecular flexibility index (Phi) is 8.02. The number of hydrogen-bond donors (Lipinski definition) is 0. The Labute approximate surface area is 201 Å². The van der Waals surface area contributed by atoms with E-state index in [1.54, 1.807) is 0 Å². The summed E-state index contributed by atoms with van der Waals surface area (Å²) in [5, 5.41) is 4.98. The zero-order chi connectivity index (χ0) is 22.2. The van der Waals surface area contributed by atoms with Crippen molar-refractivity contribution >= 4 is 37.5 Å². The van der Waals surface area contributed by atoms with Crippen LogP contribution in [0.4, 0.5) is 0 Å². The van der Waals surface area contributed by atoms with Crippen LogP contribution in [0.5, 0.6) is 0 Å². The molecule has 4 rings (SSSR count). The molecule has 4 aromatic rings. The number of benzene rings is 4. The minimum absolute atomic E-state index is 1.03. The van der Waals surface area contributed by atoms with Crippen molar-refractivity contribution in [2.45, 2.75) is 58.3 Å². The predicted octanol–water partition coefficient (Wildman–Crippen LogP) is 9.45. The molecule has 0 aromatic heterocycles. The molecule has 0 amide bonds. The first-order valence-corrected chi connectivity index (χ1v) is 12.8. The Bertz CT molecular complexity index is 1240. The van der Waals surface area contributed by atoms with Gasteiger partial charge in [0.05, 0.1) is 0 Å². The van der Waals surface area contributed by atoms with Crippen molar-refractivity contribution in [1.82, 2.24) is 0 Å². The Morgan fingerprint density at radius 3 is 1.94 bits per heavy atom. The fourth-order valence-corrected chi connectivity index (χ4v) is 4.70. The third kappa shape index (κ3) is 6.02. The summed E-state index contributed by atoms with van der Waals surface area (Å²) in [5.41, 5.74) is 3.52. The largest absolute Gasteiger partial charge is 0.0654 e. The van der Waals surface area contributed by atoms with Crippen molar-refractivity contribution in [2.24, 2.45) is 0 Å². The zero-order valence-corrected chi connectivity index (χ0v) is 20.5. The van der Waals surface area contributed by atoms with Gasteiger partial charge in [0.15, 0.2) is 0 Å². The van der Waals surface area contributed by atoms with Crippen LogP contribution in [-0.2, 0) is 6.42 Å². The molecule has 0 heterocycles. The highest BCUT2D eigenvalue weighted by Gasteiger charge is 2.03. The highest BCUT2D eigenvalue weighted by atomic mass is 79.9. The van der Waals surface area contributed by atoms with Gasteiger partial charge in [0.25, 0.3) is 0 Å². The van der Waals surface area contributed by atoms with E-state index in [4.69, 9.17) is 0 Å². The molecule has 0 radical (unpaired) electrons. The molecule has 1 heteroatoms. The second kappa shape index (κ2) is 11.3. The number of unbranched alkanes of at least 4 members (excludes halogenated alkanes) is 6. The van der Waals surface area contributed by atoms with Crippen molar-refractivity contribution in [3.8, 4) is 11.8 Å². The van der Waals surface area contributed by atoms with Crippen molar-refractivity contribution in [1.29, 1.82) is 0 Å². The van der Waals surface area contributed by atoms with Crippen LogP contribution < -0.4 is 0 Å². The topological polar surface area (TPSA) is 0 Å². The normalized spacial score (nSPS) is 10.9. The molecule has 0 aliphatic rings. The van der Waals surface area contributed by atoms with E-state index in [0.29, 0.717) is 0 Å². The Morgan fingerprint density at radius 2 is 1.25 bits per heavy atom. The van der Waals surface area contributed by atoms with E-state index in [1.807, 2.05) is 0 Å². The molecule has 0 unspecified atom stereocenters. The van der Waals surface area contributed by atoms with Gasteiger partial charge in [-0.25, -0.2) is 0 Å². The number of aryl methyl sites for hydroxylation is 1. The highest BCUT2D eigenvalue weighted by Crippen LogP contribution is 2.28. The van der Waals surface area contributed by atoms with Gasteiger partial charge >= 0.3 is 0 Å². The summed E-state index contributed by atoms with van der Waals surface area (Å²) in [4.78, 5) is 0. The summed E-state index contributed by atoms with van der Waals surface area (Å²) < 4.78 is 1.04. The molecular weight excluding hydrogens is 452 g/mol. The van der Waals surface area contributed by atoms with E-state index in [9.17, 15) is 0 Å². The number of halogens is 1. The van der Waals surface area contributed by atoms with Crippen molar-refractivity contribution < 1.29 is 0 Å². The van der Waals surface area contributed by atoms with Crippen molar-refractivity contribution in [3.05, 3.63) is 94.0 Å². The fourth-order valence-electron chi connectivity index (χ4n) is 4.24. The van der Waals surface area contributed by atoms with Crippen LogP contribution in [0.3, 0.4) is 0 Å². The van der Waals surface area contributed by atoms with Crippen molar-refractivity contribution in [2.75, 3.05) is 0 Å². The molecule has 0 atom stereocenters. The van der Waals surface area contributed by atoms with Gasteiger partial charge in [-0.3, -0.25) is 0 Å². The van der Waals surface area contributed by atoms with Gasteiger partial charge < -0.3 is 0 Å². The minimum atomic E-state index is 1.03. The van der Waals surface area contributed by atoms with Gasteiger partial charge in [-0.1, -0.05) is 93.7 Å². The van der Waals surface area contributed by atoms with Crippen LogP contribution in [0, 0.1) is 11.8 Å². The third-order valence-corrected chi connectivity index (χ3v) is 6.81. The van der Waals surface area contributed by atoms with Gasteiger partial charge in [-0.15, -0.1) is 0 Å². The van der Waals surface area contributed by atoms with E-state index in [1.165, 1.54) is 78.5 Å². The molecule has 162 valence electrons. The first-order valence-electron chi connectivity index (χ1n) is 12.0. The molecule has 0 fully saturated rings. The Hall–Kier alpha value is -2.56. The fraction of sp³-hybridized carbons (Fsp3) is 0.290. The maximum absolute atomic E-state index is 3.72. The first-order chi connectivity index (χ1) is 15.7. The van der Waals surface area contributed by atoms with Crippen LogP contribution in [0.15, 0.2) is 77.3 Å². The van der Waals surface area contributed by atoms with E-state index >= 15 is 0 Å². The highest BCUT2D eigenvalue weighted by molar-refractivity contribution is 9.10. The molecule has 0 nitrogen and oxygen atoms in total. The zero-order valence-electron chi connectivity index (χ0n) is 19.0. The van der Waals surface area contributed by atoms with Gasteiger partial charge in [0.2, 0.25) is 0 Å². The first kappa shape index (κ1) is 22.6. The summed E-state index contributed by atoms with van der Waals surface area (Å²) in [6.45, 7) is 2.27. The standard InChI is InChI=1S/C31H31Br/c1-2-3-4-5-6-7-8-11-24-14-16-25(17-15-24)18-19-28-22-29-20-26-12-9-10-13-27(26)21-30(29)23-31(28)32/h9-10,12-17,20-23H,2-8,11H2,1H3. The van der Waals surface area contributed by atoms with Gasteiger partial charge in [-0.2, -0.15) is 0 Å². The smallest absolute Gasteiger partial charge is 0.0397 e. The summed E-state index contributed by atoms with van der Waals surface area (Å²) in [6, 6.07) is 26.2. The molecule has 0 saturated heterocycles. The van der Waals surface area contributed by atoms with E-state index in [0.717, 1.165) is 15.6 Å². The number of fused-ring (bicyclic) bond motifs is 2.